The van der Waals surface area contributed by atoms with Crippen LogP contribution in [0.3, 0.4) is 0 Å². The first kappa shape index (κ1) is 16.8. The van der Waals surface area contributed by atoms with Crippen LogP contribution in [-0.2, 0) is 0 Å². The molecule has 0 fully saturated rings. The van der Waals surface area contributed by atoms with Crippen molar-refractivity contribution in [3.63, 3.8) is 0 Å². The number of carbonyl (C=O) groups is 1. The minimum atomic E-state index is -0.294. The van der Waals surface area contributed by atoms with E-state index in [9.17, 15) is 4.79 Å². The van der Waals surface area contributed by atoms with Gasteiger partial charge in [0.1, 0.15) is 11.3 Å². The zero-order valence-corrected chi connectivity index (χ0v) is 15.1. The molecule has 0 aliphatic heterocycles. The van der Waals surface area contributed by atoms with Gasteiger partial charge in [-0.1, -0.05) is 0 Å². The Kier molecular flexibility index (Phi) is 4.08. The van der Waals surface area contributed by atoms with Gasteiger partial charge in [-0.2, -0.15) is 5.10 Å². The monoisotopic (exact) mass is 363 g/mol. The predicted molar refractivity (Wildman–Crippen MR) is 98.9 cm³/mol. The van der Waals surface area contributed by atoms with Crippen LogP contribution in [0.5, 0.6) is 5.75 Å². The number of aryl methyl sites for hydroxylation is 2. The standard InChI is InChI=1S/C19H17N5O3/c1-11-6-12(2)24-18(22-11)15(8-21-24)19(25)23-13-4-5-14(16(7-13)26-3)17-9-20-10-27-17/h4-10H,1-3H3,(H,23,25). The zero-order chi connectivity index (χ0) is 19.0. The Bertz CT molecular complexity index is 1130. The lowest BCUT2D eigenvalue weighted by molar-refractivity contribution is 0.102. The summed E-state index contributed by atoms with van der Waals surface area (Å²) in [4.78, 5) is 21.1. The number of amides is 1. The number of nitrogens with one attached hydrogen (secondary N) is 1. The number of hydrogen-bond acceptors (Lipinski definition) is 6. The maximum atomic E-state index is 12.8. The number of rotatable bonds is 4. The lowest BCUT2D eigenvalue weighted by Crippen LogP contribution is -2.12. The molecule has 0 saturated carbocycles. The largest absolute Gasteiger partial charge is 0.496 e. The quantitative estimate of drug-likeness (QED) is 0.598. The molecule has 4 rings (SSSR count). The SMILES string of the molecule is COc1cc(NC(=O)c2cnn3c(C)cc(C)nc23)ccc1-c1cnco1. The number of oxazole rings is 1. The van der Waals surface area contributed by atoms with Crippen molar-refractivity contribution in [1.29, 1.82) is 0 Å². The van der Waals surface area contributed by atoms with Crippen molar-refractivity contribution in [2.45, 2.75) is 13.8 Å². The molecule has 3 aromatic heterocycles. The van der Waals surface area contributed by atoms with Crippen molar-refractivity contribution >= 4 is 17.2 Å². The second-order valence-corrected chi connectivity index (χ2v) is 6.07. The molecule has 0 bridgehead atoms. The summed E-state index contributed by atoms with van der Waals surface area (Å²) in [6.07, 6.45) is 4.47. The van der Waals surface area contributed by atoms with Crippen LogP contribution in [-0.4, -0.2) is 32.6 Å². The summed E-state index contributed by atoms with van der Waals surface area (Å²) in [5, 5.41) is 7.12. The summed E-state index contributed by atoms with van der Waals surface area (Å²) in [5.74, 6) is 0.855. The predicted octanol–water partition coefficient (Wildman–Crippen LogP) is 3.26. The third kappa shape index (κ3) is 3.01. The topological polar surface area (TPSA) is 94.5 Å². The normalized spacial score (nSPS) is 10.9. The van der Waals surface area contributed by atoms with Crippen molar-refractivity contribution in [3.05, 3.63) is 60.0 Å². The van der Waals surface area contributed by atoms with E-state index in [-0.39, 0.29) is 5.91 Å². The second-order valence-electron chi connectivity index (χ2n) is 6.07. The molecule has 136 valence electrons. The number of nitrogens with zero attached hydrogens (tertiary/aromatic N) is 4. The van der Waals surface area contributed by atoms with E-state index in [2.05, 4.69) is 20.4 Å². The Labute approximate surface area is 154 Å². The molecule has 0 aliphatic carbocycles. The summed E-state index contributed by atoms with van der Waals surface area (Å²) in [6, 6.07) is 7.21. The Morgan fingerprint density at radius 1 is 1.22 bits per heavy atom. The van der Waals surface area contributed by atoms with Crippen LogP contribution in [0.25, 0.3) is 17.0 Å². The number of hydrogen-bond donors (Lipinski definition) is 1. The first-order chi connectivity index (χ1) is 13.1. The maximum Gasteiger partial charge on any atom is 0.261 e. The van der Waals surface area contributed by atoms with E-state index >= 15 is 0 Å². The molecule has 1 aromatic carbocycles. The molecule has 1 amide bonds. The van der Waals surface area contributed by atoms with Crippen LogP contribution in [0.15, 0.2) is 47.5 Å². The number of aromatic nitrogens is 4. The van der Waals surface area contributed by atoms with Gasteiger partial charge in [-0.15, -0.1) is 0 Å². The summed E-state index contributed by atoms with van der Waals surface area (Å²) in [5.41, 5.74) is 4.00. The molecule has 0 spiro atoms. The number of benzene rings is 1. The smallest absolute Gasteiger partial charge is 0.261 e. The fourth-order valence-corrected chi connectivity index (χ4v) is 2.95. The molecule has 0 aliphatic rings. The highest BCUT2D eigenvalue weighted by Gasteiger charge is 2.17. The van der Waals surface area contributed by atoms with Crippen LogP contribution in [0, 0.1) is 13.8 Å². The second kappa shape index (κ2) is 6.56. The first-order valence-corrected chi connectivity index (χ1v) is 8.27. The van der Waals surface area contributed by atoms with Gasteiger partial charge in [0.05, 0.1) is 25.1 Å². The average molecular weight is 363 g/mol. The van der Waals surface area contributed by atoms with E-state index in [1.807, 2.05) is 19.9 Å². The van der Waals surface area contributed by atoms with Gasteiger partial charge in [-0.3, -0.25) is 4.79 Å². The Morgan fingerprint density at radius 3 is 2.81 bits per heavy atom. The highest BCUT2D eigenvalue weighted by molar-refractivity contribution is 6.08. The summed E-state index contributed by atoms with van der Waals surface area (Å²) in [7, 11) is 1.56. The molecule has 8 heteroatoms. The third-order valence-electron chi connectivity index (χ3n) is 4.18. The molecule has 3 heterocycles. The highest BCUT2D eigenvalue weighted by Crippen LogP contribution is 2.32. The van der Waals surface area contributed by atoms with E-state index in [1.165, 1.54) is 12.6 Å². The van der Waals surface area contributed by atoms with E-state index in [0.717, 1.165) is 17.0 Å². The lowest BCUT2D eigenvalue weighted by atomic mass is 10.1. The van der Waals surface area contributed by atoms with Gasteiger partial charge in [0, 0.05) is 23.1 Å². The van der Waals surface area contributed by atoms with Gasteiger partial charge in [-0.25, -0.2) is 14.5 Å². The van der Waals surface area contributed by atoms with E-state index in [1.54, 1.807) is 36.0 Å². The summed E-state index contributed by atoms with van der Waals surface area (Å²) >= 11 is 0. The van der Waals surface area contributed by atoms with E-state index in [0.29, 0.717) is 28.4 Å². The van der Waals surface area contributed by atoms with Crippen LogP contribution in [0.2, 0.25) is 0 Å². The molecular weight excluding hydrogens is 346 g/mol. The zero-order valence-electron chi connectivity index (χ0n) is 15.1. The van der Waals surface area contributed by atoms with E-state index in [4.69, 9.17) is 9.15 Å². The van der Waals surface area contributed by atoms with Crippen LogP contribution in [0.4, 0.5) is 5.69 Å². The molecule has 0 atom stereocenters. The number of carbonyl (C=O) groups excluding carboxylic acids is 1. The molecule has 0 saturated heterocycles. The fourth-order valence-electron chi connectivity index (χ4n) is 2.95. The number of fused-ring (bicyclic) bond motifs is 1. The molecular formula is C19H17N5O3. The summed E-state index contributed by atoms with van der Waals surface area (Å²) < 4.78 is 12.4. The van der Waals surface area contributed by atoms with Crippen molar-refractivity contribution in [2.75, 3.05) is 12.4 Å². The summed E-state index contributed by atoms with van der Waals surface area (Å²) in [6.45, 7) is 3.80. The molecule has 0 radical (unpaired) electrons. The molecule has 0 unspecified atom stereocenters. The minimum Gasteiger partial charge on any atom is -0.496 e. The van der Waals surface area contributed by atoms with Crippen molar-refractivity contribution in [2.24, 2.45) is 0 Å². The lowest BCUT2D eigenvalue weighted by Gasteiger charge is -2.10. The Morgan fingerprint density at radius 2 is 2.07 bits per heavy atom. The van der Waals surface area contributed by atoms with Gasteiger partial charge < -0.3 is 14.5 Å². The number of ether oxygens (including phenoxy) is 1. The third-order valence-corrected chi connectivity index (χ3v) is 4.18. The Hall–Kier alpha value is -3.68. The molecule has 1 N–H and O–H groups in total. The molecule has 8 nitrogen and oxygen atoms in total. The minimum absolute atomic E-state index is 0.294. The van der Waals surface area contributed by atoms with Gasteiger partial charge in [0.2, 0.25) is 0 Å². The van der Waals surface area contributed by atoms with Gasteiger partial charge in [0.25, 0.3) is 5.91 Å². The van der Waals surface area contributed by atoms with Gasteiger partial charge >= 0.3 is 0 Å². The fraction of sp³-hybridized carbons (Fsp3) is 0.158. The van der Waals surface area contributed by atoms with E-state index < -0.39 is 0 Å². The van der Waals surface area contributed by atoms with Gasteiger partial charge in [0.15, 0.2) is 17.8 Å². The van der Waals surface area contributed by atoms with Crippen molar-refractivity contribution < 1.29 is 13.9 Å². The molecule has 4 aromatic rings. The first-order valence-electron chi connectivity index (χ1n) is 8.27. The van der Waals surface area contributed by atoms with Crippen LogP contribution < -0.4 is 10.1 Å². The maximum absolute atomic E-state index is 12.8. The van der Waals surface area contributed by atoms with Crippen molar-refractivity contribution in [3.8, 4) is 17.1 Å². The number of methoxy groups -OCH3 is 1. The molecule has 27 heavy (non-hydrogen) atoms. The Balaban J connectivity index is 1.66. The van der Waals surface area contributed by atoms with Gasteiger partial charge in [-0.05, 0) is 32.0 Å². The van der Waals surface area contributed by atoms with Crippen LogP contribution >= 0.6 is 0 Å². The number of anilines is 1. The average Bonchev–Trinajstić information content (AvgIpc) is 3.31. The van der Waals surface area contributed by atoms with Crippen molar-refractivity contribution in [1.82, 2.24) is 19.6 Å². The van der Waals surface area contributed by atoms with Crippen LogP contribution in [0.1, 0.15) is 21.7 Å². The highest BCUT2D eigenvalue weighted by atomic mass is 16.5.